The van der Waals surface area contributed by atoms with Gasteiger partial charge in [0, 0.05) is 32.7 Å². The molecule has 2 heterocycles. The van der Waals surface area contributed by atoms with Crippen LogP contribution in [0.2, 0.25) is 0 Å². The smallest absolute Gasteiger partial charge is 0.416 e. The molecule has 0 N–H and O–H groups in total. The largest absolute Gasteiger partial charge is 0.465 e. The molecule has 9 heteroatoms. The number of fused-ring (bicyclic) bond motifs is 1. The number of thiazole rings is 1. The van der Waals surface area contributed by atoms with Gasteiger partial charge >= 0.3 is 12.1 Å². The molecule has 5 nitrogen and oxygen atoms in total. The molecule has 0 atom stereocenters. The minimum Gasteiger partial charge on any atom is -0.465 e. The second-order valence-corrected chi connectivity index (χ2v) is 9.00. The fourth-order valence-corrected chi connectivity index (χ4v) is 5.05. The SMILES string of the molecule is COC(=O)c1cc(C)cc(CN2CCCN(c3nc4ccc(C(F)(F)F)cc4s3)CC2)c1. The van der Waals surface area contributed by atoms with Crippen LogP contribution in [0, 0.1) is 6.92 Å². The summed E-state index contributed by atoms with van der Waals surface area (Å²) in [5.41, 5.74) is 2.55. The van der Waals surface area contributed by atoms with Gasteiger partial charge in [-0.1, -0.05) is 17.4 Å². The van der Waals surface area contributed by atoms with E-state index in [2.05, 4.69) is 20.9 Å². The summed E-state index contributed by atoms with van der Waals surface area (Å²) in [5.74, 6) is -0.346. The Morgan fingerprint density at radius 1 is 1.12 bits per heavy atom. The van der Waals surface area contributed by atoms with Crippen molar-refractivity contribution in [1.29, 1.82) is 0 Å². The highest BCUT2D eigenvalue weighted by molar-refractivity contribution is 7.22. The fourth-order valence-electron chi connectivity index (χ4n) is 3.99. The number of hydrogen-bond donors (Lipinski definition) is 0. The zero-order chi connectivity index (χ0) is 22.9. The van der Waals surface area contributed by atoms with Crippen molar-refractivity contribution in [2.24, 2.45) is 0 Å². The van der Waals surface area contributed by atoms with E-state index >= 15 is 0 Å². The van der Waals surface area contributed by atoms with E-state index < -0.39 is 11.7 Å². The first-order valence-corrected chi connectivity index (χ1v) is 11.2. The third-order valence-corrected chi connectivity index (χ3v) is 6.61. The molecular formula is C23H24F3N3O2S. The quantitative estimate of drug-likeness (QED) is 0.503. The molecule has 4 rings (SSSR count). The molecule has 0 unspecified atom stereocenters. The minimum absolute atomic E-state index is 0.346. The maximum absolute atomic E-state index is 13.0. The highest BCUT2D eigenvalue weighted by atomic mass is 32.1. The first-order chi connectivity index (χ1) is 15.2. The van der Waals surface area contributed by atoms with Crippen LogP contribution in [0.5, 0.6) is 0 Å². The Hall–Kier alpha value is -2.65. The molecule has 0 radical (unpaired) electrons. The van der Waals surface area contributed by atoms with Crippen molar-refractivity contribution in [3.63, 3.8) is 0 Å². The first-order valence-electron chi connectivity index (χ1n) is 10.4. The number of nitrogens with zero attached hydrogens (tertiary/aromatic N) is 3. The number of aryl methyl sites for hydroxylation is 1. The van der Waals surface area contributed by atoms with Crippen LogP contribution < -0.4 is 4.90 Å². The first kappa shape index (κ1) is 22.5. The van der Waals surface area contributed by atoms with E-state index in [4.69, 9.17) is 4.74 Å². The molecule has 1 aliphatic heterocycles. The second-order valence-electron chi connectivity index (χ2n) is 7.99. The van der Waals surface area contributed by atoms with Crippen LogP contribution in [0.4, 0.5) is 18.3 Å². The van der Waals surface area contributed by atoms with E-state index in [9.17, 15) is 18.0 Å². The number of benzene rings is 2. The Kier molecular flexibility index (Phi) is 6.39. The molecule has 1 aromatic heterocycles. The zero-order valence-electron chi connectivity index (χ0n) is 17.9. The lowest BCUT2D eigenvalue weighted by atomic mass is 10.1. The number of carbonyl (C=O) groups excluding carboxylic acids is 1. The number of aromatic nitrogens is 1. The van der Waals surface area contributed by atoms with Gasteiger partial charge in [-0.2, -0.15) is 13.2 Å². The molecule has 1 saturated heterocycles. The molecule has 0 aliphatic carbocycles. The van der Waals surface area contributed by atoms with Crippen molar-refractivity contribution in [3.8, 4) is 0 Å². The predicted molar refractivity (Wildman–Crippen MR) is 119 cm³/mol. The normalized spacial score (nSPS) is 15.7. The summed E-state index contributed by atoms with van der Waals surface area (Å²) < 4.78 is 44.4. The molecule has 0 bridgehead atoms. The standard InChI is InChI=1S/C23H24F3N3O2S/c1-15-10-16(12-17(11-15)21(30)31-2)14-28-6-3-7-29(9-8-28)22-27-19-5-4-18(23(24,25)26)13-20(19)32-22/h4-5,10-13H,3,6-9,14H2,1-2H3. The van der Waals surface area contributed by atoms with Gasteiger partial charge in [0.1, 0.15) is 0 Å². The number of anilines is 1. The Morgan fingerprint density at radius 3 is 2.69 bits per heavy atom. The van der Waals surface area contributed by atoms with Crippen LogP contribution >= 0.6 is 11.3 Å². The lowest BCUT2D eigenvalue weighted by Gasteiger charge is -2.22. The number of methoxy groups -OCH3 is 1. The summed E-state index contributed by atoms with van der Waals surface area (Å²) in [4.78, 5) is 20.9. The van der Waals surface area contributed by atoms with Crippen LogP contribution in [-0.4, -0.2) is 49.1 Å². The molecule has 2 aromatic carbocycles. The summed E-state index contributed by atoms with van der Waals surface area (Å²) in [6.07, 6.45) is -3.44. The summed E-state index contributed by atoms with van der Waals surface area (Å²) in [7, 11) is 1.37. The maximum atomic E-state index is 13.0. The third-order valence-electron chi connectivity index (χ3n) is 5.53. The van der Waals surface area contributed by atoms with Crippen molar-refractivity contribution >= 4 is 32.7 Å². The van der Waals surface area contributed by atoms with Gasteiger partial charge in [0.25, 0.3) is 0 Å². The topological polar surface area (TPSA) is 45.7 Å². The minimum atomic E-state index is -4.36. The van der Waals surface area contributed by atoms with Crippen LogP contribution in [0.15, 0.2) is 36.4 Å². The second kappa shape index (κ2) is 9.07. The van der Waals surface area contributed by atoms with E-state index in [1.165, 1.54) is 30.6 Å². The number of alkyl halides is 3. The number of esters is 1. The number of halogens is 3. The molecule has 0 spiro atoms. The van der Waals surface area contributed by atoms with Crippen LogP contribution in [0.25, 0.3) is 10.2 Å². The van der Waals surface area contributed by atoms with Gasteiger partial charge in [-0.05, 0) is 54.8 Å². The monoisotopic (exact) mass is 463 g/mol. The molecule has 32 heavy (non-hydrogen) atoms. The average Bonchev–Trinajstić information content (AvgIpc) is 3.03. The van der Waals surface area contributed by atoms with E-state index in [1.807, 2.05) is 19.1 Å². The number of ether oxygens (including phenoxy) is 1. The summed E-state index contributed by atoms with van der Waals surface area (Å²) >= 11 is 1.30. The summed E-state index contributed by atoms with van der Waals surface area (Å²) in [5, 5.41) is 0.754. The lowest BCUT2D eigenvalue weighted by Crippen LogP contribution is -2.30. The molecule has 170 valence electrons. The van der Waals surface area contributed by atoms with Crippen molar-refractivity contribution < 1.29 is 22.7 Å². The molecule has 0 saturated carbocycles. The molecular weight excluding hydrogens is 439 g/mol. The summed E-state index contributed by atoms with van der Waals surface area (Å²) in [6, 6.07) is 9.46. The predicted octanol–water partition coefficient (Wildman–Crippen LogP) is 5.12. The van der Waals surface area contributed by atoms with Crippen molar-refractivity contribution in [3.05, 3.63) is 58.7 Å². The average molecular weight is 464 g/mol. The fraction of sp³-hybridized carbons (Fsp3) is 0.391. The van der Waals surface area contributed by atoms with Crippen molar-refractivity contribution in [2.45, 2.75) is 26.1 Å². The van der Waals surface area contributed by atoms with Crippen LogP contribution in [-0.2, 0) is 17.5 Å². The van der Waals surface area contributed by atoms with Gasteiger partial charge in [-0.3, -0.25) is 4.90 Å². The van der Waals surface area contributed by atoms with E-state index in [1.54, 1.807) is 0 Å². The Labute approximate surface area is 188 Å². The van der Waals surface area contributed by atoms with Gasteiger partial charge in [0.2, 0.25) is 0 Å². The van der Waals surface area contributed by atoms with Gasteiger partial charge in [-0.15, -0.1) is 0 Å². The van der Waals surface area contributed by atoms with Crippen LogP contribution in [0.1, 0.15) is 33.5 Å². The molecule has 1 fully saturated rings. The van der Waals surface area contributed by atoms with Crippen molar-refractivity contribution in [2.75, 3.05) is 38.2 Å². The summed E-state index contributed by atoms with van der Waals surface area (Å²) in [6.45, 7) is 5.89. The van der Waals surface area contributed by atoms with Crippen LogP contribution in [0.3, 0.4) is 0 Å². The number of rotatable bonds is 4. The Bertz CT molecular complexity index is 1130. The van der Waals surface area contributed by atoms with Gasteiger partial charge < -0.3 is 9.64 Å². The molecule has 3 aromatic rings. The Morgan fingerprint density at radius 2 is 1.94 bits per heavy atom. The zero-order valence-corrected chi connectivity index (χ0v) is 18.7. The highest BCUT2D eigenvalue weighted by Gasteiger charge is 2.31. The molecule has 1 aliphatic rings. The van der Waals surface area contributed by atoms with E-state index in [-0.39, 0.29) is 5.97 Å². The highest BCUT2D eigenvalue weighted by Crippen LogP contribution is 2.35. The third kappa shape index (κ3) is 5.05. The Balaban J connectivity index is 1.45. The van der Waals surface area contributed by atoms with Gasteiger partial charge in [0.15, 0.2) is 5.13 Å². The van der Waals surface area contributed by atoms with Crippen molar-refractivity contribution in [1.82, 2.24) is 9.88 Å². The number of hydrogen-bond acceptors (Lipinski definition) is 6. The van der Waals surface area contributed by atoms with Gasteiger partial charge in [0.05, 0.1) is 28.5 Å². The van der Waals surface area contributed by atoms with E-state index in [0.29, 0.717) is 22.3 Å². The molecule has 0 amide bonds. The van der Waals surface area contributed by atoms with E-state index in [0.717, 1.165) is 54.9 Å². The lowest BCUT2D eigenvalue weighted by molar-refractivity contribution is -0.137. The number of carbonyl (C=O) groups is 1. The maximum Gasteiger partial charge on any atom is 0.416 e. The van der Waals surface area contributed by atoms with Gasteiger partial charge in [-0.25, -0.2) is 9.78 Å².